The Bertz CT molecular complexity index is 1360. The molecule has 7 rings (SSSR count). The summed E-state index contributed by atoms with van der Waals surface area (Å²) < 4.78 is 0. The molecule has 0 bridgehead atoms. The molecule has 3 aromatic rings. The first kappa shape index (κ1) is 25.5. The molecule has 2 aliphatic heterocycles. The van der Waals surface area contributed by atoms with Gasteiger partial charge in [0.1, 0.15) is 0 Å². The minimum atomic E-state index is -0.130. The SMILES string of the molecule is O=C([C@@H]1CNC[C@]12CCCc1[nH+]c(Cl)ccc12)N1CCC(c2cccc3ccccc23)CC1C1CCCCC1. The van der Waals surface area contributed by atoms with E-state index >= 15 is 0 Å². The van der Waals surface area contributed by atoms with Crippen molar-refractivity contribution in [2.45, 2.75) is 81.6 Å². The number of rotatable bonds is 3. The van der Waals surface area contributed by atoms with Gasteiger partial charge in [0.2, 0.25) is 5.91 Å². The fourth-order valence-corrected chi connectivity index (χ4v) is 9.02. The van der Waals surface area contributed by atoms with Crippen molar-refractivity contribution >= 4 is 28.3 Å². The van der Waals surface area contributed by atoms with E-state index in [-0.39, 0.29) is 11.3 Å². The number of fused-ring (bicyclic) bond motifs is 3. The van der Waals surface area contributed by atoms with Crippen LogP contribution in [0.4, 0.5) is 0 Å². The molecule has 2 aromatic carbocycles. The van der Waals surface area contributed by atoms with Crippen molar-refractivity contribution in [1.82, 2.24) is 10.2 Å². The lowest BCUT2D eigenvalue weighted by molar-refractivity contribution is -0.390. The van der Waals surface area contributed by atoms with E-state index in [1.54, 1.807) is 0 Å². The highest BCUT2D eigenvalue weighted by Crippen LogP contribution is 2.47. The Kier molecular flexibility index (Phi) is 6.89. The molecule has 1 amide bonds. The molecule has 1 aromatic heterocycles. The number of nitrogens with one attached hydrogen (secondary N) is 2. The van der Waals surface area contributed by atoms with Crippen molar-refractivity contribution < 1.29 is 9.78 Å². The third kappa shape index (κ3) is 4.48. The number of benzene rings is 2. The van der Waals surface area contributed by atoms with E-state index in [2.05, 4.69) is 63.7 Å². The Morgan fingerprint density at radius 1 is 0.974 bits per heavy atom. The average molecular weight is 543 g/mol. The molecule has 0 radical (unpaired) electrons. The molecule has 4 nitrogen and oxygen atoms in total. The monoisotopic (exact) mass is 542 g/mol. The van der Waals surface area contributed by atoms with Crippen LogP contribution in [-0.2, 0) is 16.6 Å². The summed E-state index contributed by atoms with van der Waals surface area (Å²) in [5.74, 6) is 1.52. The van der Waals surface area contributed by atoms with Gasteiger partial charge in [0.25, 0.3) is 5.15 Å². The molecule has 39 heavy (non-hydrogen) atoms. The maximum atomic E-state index is 14.7. The van der Waals surface area contributed by atoms with Crippen LogP contribution in [-0.4, -0.2) is 36.5 Å². The molecule has 1 saturated carbocycles. The largest absolute Gasteiger partial charge is 0.339 e. The molecule has 3 fully saturated rings. The van der Waals surface area contributed by atoms with Crippen LogP contribution in [0, 0.1) is 11.8 Å². The van der Waals surface area contributed by atoms with Gasteiger partial charge in [0, 0.05) is 49.1 Å². The number of aromatic nitrogens is 1. The number of H-pyrrole nitrogens is 1. The lowest BCUT2D eigenvalue weighted by Crippen LogP contribution is -2.55. The van der Waals surface area contributed by atoms with E-state index in [1.165, 1.54) is 59.7 Å². The summed E-state index contributed by atoms with van der Waals surface area (Å²) in [5.41, 5.74) is 3.90. The van der Waals surface area contributed by atoms with Gasteiger partial charge in [-0.2, -0.15) is 4.98 Å². The van der Waals surface area contributed by atoms with Gasteiger partial charge in [0.05, 0.1) is 5.92 Å². The summed E-state index contributed by atoms with van der Waals surface area (Å²) in [6.07, 6.45) is 11.8. The molecule has 204 valence electrons. The standard InChI is InChI=1S/C34H40ClN3O/c35-32-16-15-28-30(37-32)14-7-18-34(28)22-36-21-29(34)33(39)38-19-17-25(20-31(38)24-9-2-1-3-10-24)27-13-6-11-23-8-4-5-12-26(23)27/h4-6,8,11-13,15-16,24-25,29,31,36H,1-3,7,9-10,14,17-22H2/p+1/t25?,29-,31?,34-/m0/s1. The normalized spacial score (nSPS) is 29.6. The smallest absolute Gasteiger partial charge is 0.273 e. The zero-order chi connectivity index (χ0) is 26.4. The van der Waals surface area contributed by atoms with Crippen LogP contribution in [0.25, 0.3) is 10.8 Å². The Morgan fingerprint density at radius 2 is 1.82 bits per heavy atom. The highest BCUT2D eigenvalue weighted by Gasteiger charge is 2.53. The maximum absolute atomic E-state index is 14.7. The number of piperidine rings is 1. The van der Waals surface area contributed by atoms with Crippen LogP contribution in [0.3, 0.4) is 0 Å². The Hall–Kier alpha value is -2.43. The van der Waals surface area contributed by atoms with Crippen molar-refractivity contribution in [2.75, 3.05) is 19.6 Å². The molecule has 1 spiro atoms. The molecule has 2 N–H and O–H groups in total. The van der Waals surface area contributed by atoms with Gasteiger partial charge < -0.3 is 10.2 Å². The zero-order valence-electron chi connectivity index (χ0n) is 22.9. The van der Waals surface area contributed by atoms with Crippen molar-refractivity contribution in [3.8, 4) is 0 Å². The first-order valence-electron chi connectivity index (χ1n) is 15.3. The minimum absolute atomic E-state index is 0.00804. The van der Waals surface area contributed by atoms with Crippen LogP contribution < -0.4 is 10.3 Å². The number of carbonyl (C=O) groups is 1. The molecular weight excluding hydrogens is 502 g/mol. The summed E-state index contributed by atoms with van der Waals surface area (Å²) in [6, 6.07) is 20.1. The predicted octanol–water partition coefficient (Wildman–Crippen LogP) is 6.46. The van der Waals surface area contributed by atoms with Crippen molar-refractivity contribution in [3.05, 3.63) is 76.6 Å². The number of aromatic amines is 1. The Balaban J connectivity index is 1.21. The van der Waals surface area contributed by atoms with Crippen molar-refractivity contribution in [1.29, 1.82) is 0 Å². The summed E-state index contributed by atoms with van der Waals surface area (Å²) in [4.78, 5) is 20.5. The van der Waals surface area contributed by atoms with Gasteiger partial charge in [-0.15, -0.1) is 0 Å². The molecule has 5 heteroatoms. The van der Waals surface area contributed by atoms with Crippen LogP contribution in [0.15, 0.2) is 54.6 Å². The van der Waals surface area contributed by atoms with E-state index in [0.29, 0.717) is 28.9 Å². The van der Waals surface area contributed by atoms with Gasteiger partial charge in [-0.25, -0.2) is 0 Å². The third-order valence-electron chi connectivity index (χ3n) is 10.7. The summed E-state index contributed by atoms with van der Waals surface area (Å²) in [7, 11) is 0. The number of hydrogen-bond donors (Lipinski definition) is 1. The predicted molar refractivity (Wildman–Crippen MR) is 157 cm³/mol. The lowest BCUT2D eigenvalue weighted by Gasteiger charge is -2.47. The molecule has 2 unspecified atom stereocenters. The summed E-state index contributed by atoms with van der Waals surface area (Å²) in [6.45, 7) is 2.54. The van der Waals surface area contributed by atoms with Gasteiger partial charge >= 0.3 is 0 Å². The Labute approximate surface area is 237 Å². The van der Waals surface area contributed by atoms with E-state index in [0.717, 1.165) is 51.7 Å². The molecule has 2 saturated heterocycles. The van der Waals surface area contributed by atoms with Crippen molar-refractivity contribution in [3.63, 3.8) is 0 Å². The van der Waals surface area contributed by atoms with E-state index in [1.807, 2.05) is 6.07 Å². The number of nitrogens with zero attached hydrogens (tertiary/aromatic N) is 1. The fourth-order valence-electron chi connectivity index (χ4n) is 8.84. The summed E-state index contributed by atoms with van der Waals surface area (Å²) >= 11 is 6.35. The van der Waals surface area contributed by atoms with E-state index in [9.17, 15) is 4.79 Å². The molecule has 2 aliphatic carbocycles. The first-order chi connectivity index (χ1) is 19.1. The average Bonchev–Trinajstić information content (AvgIpc) is 3.40. The molecule has 3 heterocycles. The quantitative estimate of drug-likeness (QED) is 0.386. The number of aryl methyl sites for hydroxylation is 1. The second-order valence-corrected chi connectivity index (χ2v) is 13.1. The number of amides is 1. The minimum Gasteiger partial charge on any atom is -0.339 e. The van der Waals surface area contributed by atoms with Gasteiger partial charge in [0.15, 0.2) is 5.69 Å². The number of pyridine rings is 1. The van der Waals surface area contributed by atoms with Gasteiger partial charge in [-0.3, -0.25) is 4.79 Å². The number of hydrogen-bond acceptors (Lipinski definition) is 2. The fraction of sp³-hybridized carbons (Fsp3) is 0.529. The number of carbonyl (C=O) groups excluding carboxylic acids is 1. The lowest BCUT2D eigenvalue weighted by atomic mass is 9.64. The first-order valence-corrected chi connectivity index (χ1v) is 15.7. The van der Waals surface area contributed by atoms with Gasteiger partial charge in [-0.1, -0.05) is 61.7 Å². The van der Waals surface area contributed by atoms with Crippen LogP contribution in [0.1, 0.15) is 80.5 Å². The number of likely N-dealkylation sites (tertiary alicyclic amines) is 1. The summed E-state index contributed by atoms with van der Waals surface area (Å²) in [5, 5.41) is 7.07. The van der Waals surface area contributed by atoms with Crippen molar-refractivity contribution in [2.24, 2.45) is 11.8 Å². The second-order valence-electron chi connectivity index (χ2n) is 12.7. The zero-order valence-corrected chi connectivity index (χ0v) is 23.7. The highest BCUT2D eigenvalue weighted by molar-refractivity contribution is 6.28. The molecule has 4 aliphatic rings. The van der Waals surface area contributed by atoms with E-state index < -0.39 is 0 Å². The maximum Gasteiger partial charge on any atom is 0.273 e. The Morgan fingerprint density at radius 3 is 2.72 bits per heavy atom. The van der Waals surface area contributed by atoms with Crippen LogP contribution in [0.2, 0.25) is 5.15 Å². The molecular formula is C34H41ClN3O+. The third-order valence-corrected chi connectivity index (χ3v) is 10.9. The van der Waals surface area contributed by atoms with Gasteiger partial charge in [-0.05, 0) is 84.4 Å². The van der Waals surface area contributed by atoms with Crippen LogP contribution >= 0.6 is 11.6 Å². The van der Waals surface area contributed by atoms with E-state index in [4.69, 9.17) is 11.6 Å². The topological polar surface area (TPSA) is 46.5 Å². The second kappa shape index (κ2) is 10.5. The number of halogens is 1. The van der Waals surface area contributed by atoms with Crippen LogP contribution in [0.5, 0.6) is 0 Å². The highest BCUT2D eigenvalue weighted by atomic mass is 35.5. The molecule has 4 atom stereocenters.